The molecule has 1 saturated heterocycles. The van der Waals surface area contributed by atoms with E-state index in [9.17, 15) is 4.39 Å². The highest BCUT2D eigenvalue weighted by Crippen LogP contribution is 2.33. The summed E-state index contributed by atoms with van der Waals surface area (Å²) in [7, 11) is 0. The third-order valence-electron chi connectivity index (χ3n) is 3.61. The molecule has 7 heteroatoms. The molecule has 0 N–H and O–H groups in total. The summed E-state index contributed by atoms with van der Waals surface area (Å²) in [6.45, 7) is 2.75. The molecule has 4 nitrogen and oxygen atoms in total. The lowest BCUT2D eigenvalue weighted by Gasteiger charge is -2.39. The van der Waals surface area contributed by atoms with E-state index >= 15 is 0 Å². The van der Waals surface area contributed by atoms with Crippen molar-refractivity contribution in [2.75, 3.05) is 18.0 Å². The van der Waals surface area contributed by atoms with E-state index in [1.54, 1.807) is 18.3 Å². The summed E-state index contributed by atoms with van der Waals surface area (Å²) in [4.78, 5) is 6.78. The number of hydrogen-bond donors (Lipinski definition) is 0. The monoisotopic (exact) mass is 322 g/mol. The molecule has 0 saturated carbocycles. The third-order valence-corrected chi connectivity index (χ3v) is 4.89. The van der Waals surface area contributed by atoms with Crippen LogP contribution in [0.1, 0.15) is 0 Å². The molecule has 0 amide bonds. The second-order valence-corrected chi connectivity index (χ2v) is 6.71. The Morgan fingerprint density at radius 3 is 3.00 bits per heavy atom. The Morgan fingerprint density at radius 2 is 2.24 bits per heavy atom. The Morgan fingerprint density at radius 1 is 1.38 bits per heavy atom. The van der Waals surface area contributed by atoms with Crippen molar-refractivity contribution in [3.05, 3.63) is 41.4 Å². The average molecular weight is 323 g/mol. The maximum absolute atomic E-state index is 13.2. The molecule has 1 fully saturated rings. The average Bonchev–Trinajstić information content (AvgIpc) is 2.98. The molecular formula is C14H12ClFN4S. The first-order valence-corrected chi connectivity index (χ1v) is 7.86. The van der Waals surface area contributed by atoms with Gasteiger partial charge in [-0.3, -0.25) is 4.68 Å². The lowest BCUT2D eigenvalue weighted by atomic mass is 10.0. The zero-order valence-corrected chi connectivity index (χ0v) is 12.6. The lowest BCUT2D eigenvalue weighted by Crippen LogP contribution is -2.48. The number of hydrogen-bond acceptors (Lipinski definition) is 4. The van der Waals surface area contributed by atoms with Gasteiger partial charge in [0.1, 0.15) is 5.82 Å². The molecule has 2 aromatic heterocycles. The zero-order valence-electron chi connectivity index (χ0n) is 11.0. The van der Waals surface area contributed by atoms with Crippen molar-refractivity contribution in [1.29, 1.82) is 0 Å². The van der Waals surface area contributed by atoms with Crippen LogP contribution in [0.15, 0.2) is 30.6 Å². The molecule has 1 aliphatic heterocycles. The Labute approximate surface area is 129 Å². The van der Waals surface area contributed by atoms with Crippen LogP contribution in [0, 0.1) is 11.7 Å². The van der Waals surface area contributed by atoms with Gasteiger partial charge in [-0.05, 0) is 18.2 Å². The van der Waals surface area contributed by atoms with E-state index < -0.39 is 0 Å². The van der Waals surface area contributed by atoms with Crippen molar-refractivity contribution < 1.29 is 4.39 Å². The normalized spacial score (nSPS) is 15.6. The predicted octanol–water partition coefficient (Wildman–Crippen LogP) is 3.42. The topological polar surface area (TPSA) is 34.0 Å². The number of rotatable bonds is 3. The largest absolute Gasteiger partial charge is 0.347 e. The van der Waals surface area contributed by atoms with Crippen LogP contribution >= 0.6 is 22.9 Å². The molecular weight excluding hydrogens is 311 g/mol. The van der Waals surface area contributed by atoms with E-state index in [4.69, 9.17) is 11.6 Å². The van der Waals surface area contributed by atoms with Crippen LogP contribution in [0.25, 0.3) is 10.2 Å². The highest BCUT2D eigenvalue weighted by molar-refractivity contribution is 7.22. The van der Waals surface area contributed by atoms with Gasteiger partial charge in [0.25, 0.3) is 0 Å². The predicted molar refractivity (Wildman–Crippen MR) is 82.5 cm³/mol. The fourth-order valence-electron chi connectivity index (χ4n) is 2.57. The van der Waals surface area contributed by atoms with Crippen LogP contribution in [0.2, 0.25) is 5.02 Å². The van der Waals surface area contributed by atoms with Crippen molar-refractivity contribution >= 4 is 38.3 Å². The zero-order chi connectivity index (χ0) is 14.4. The molecule has 21 heavy (non-hydrogen) atoms. The molecule has 1 aromatic carbocycles. The Hall–Kier alpha value is -1.66. The maximum atomic E-state index is 13.2. The number of halogens is 2. The molecule has 0 spiro atoms. The van der Waals surface area contributed by atoms with E-state index in [0.29, 0.717) is 10.9 Å². The van der Waals surface area contributed by atoms with Crippen LogP contribution in [-0.2, 0) is 6.54 Å². The van der Waals surface area contributed by atoms with Crippen molar-refractivity contribution in [3.8, 4) is 0 Å². The van der Waals surface area contributed by atoms with Crippen molar-refractivity contribution in [1.82, 2.24) is 14.8 Å². The minimum Gasteiger partial charge on any atom is -0.347 e. The molecule has 3 aromatic rings. The molecule has 0 bridgehead atoms. The van der Waals surface area contributed by atoms with Crippen molar-refractivity contribution in [2.24, 2.45) is 5.92 Å². The van der Waals surface area contributed by atoms with Crippen LogP contribution < -0.4 is 4.90 Å². The van der Waals surface area contributed by atoms with Crippen LogP contribution in [0.5, 0.6) is 0 Å². The Bertz CT molecular complexity index is 793. The van der Waals surface area contributed by atoms with Gasteiger partial charge in [0, 0.05) is 31.7 Å². The molecule has 0 atom stereocenters. The number of fused-ring (bicyclic) bond motifs is 1. The highest BCUT2D eigenvalue weighted by Gasteiger charge is 2.29. The molecule has 1 aliphatic rings. The lowest BCUT2D eigenvalue weighted by molar-refractivity contribution is 0.342. The van der Waals surface area contributed by atoms with E-state index in [1.807, 2.05) is 10.9 Å². The van der Waals surface area contributed by atoms with Gasteiger partial charge in [-0.15, -0.1) is 0 Å². The minimum absolute atomic E-state index is 0.213. The summed E-state index contributed by atoms with van der Waals surface area (Å²) in [6, 6.07) is 4.72. The van der Waals surface area contributed by atoms with Crippen molar-refractivity contribution in [3.63, 3.8) is 0 Å². The number of anilines is 1. The molecule has 0 unspecified atom stereocenters. The number of nitrogens with zero attached hydrogens (tertiary/aromatic N) is 4. The first-order chi connectivity index (χ1) is 10.2. The quantitative estimate of drug-likeness (QED) is 0.741. The second kappa shape index (κ2) is 4.96. The molecule has 0 radical (unpaired) electrons. The van der Waals surface area contributed by atoms with E-state index in [1.165, 1.54) is 17.4 Å². The highest BCUT2D eigenvalue weighted by atomic mass is 35.5. The van der Waals surface area contributed by atoms with Gasteiger partial charge in [0.05, 0.1) is 21.4 Å². The molecule has 3 heterocycles. The van der Waals surface area contributed by atoms with Gasteiger partial charge in [-0.25, -0.2) is 9.37 Å². The molecule has 0 aliphatic carbocycles. The first kappa shape index (κ1) is 13.0. The SMILES string of the molecule is Fc1ccc2nc(N3CC(Cn4cc(Cl)cn4)C3)sc2c1. The maximum Gasteiger partial charge on any atom is 0.186 e. The van der Waals surface area contributed by atoms with Gasteiger partial charge in [0.15, 0.2) is 5.13 Å². The summed E-state index contributed by atoms with van der Waals surface area (Å²) in [5, 5.41) is 5.82. The van der Waals surface area contributed by atoms with Gasteiger partial charge in [-0.2, -0.15) is 5.10 Å². The van der Waals surface area contributed by atoms with Crippen LogP contribution in [0.3, 0.4) is 0 Å². The summed E-state index contributed by atoms with van der Waals surface area (Å²) >= 11 is 7.39. The van der Waals surface area contributed by atoms with Crippen molar-refractivity contribution in [2.45, 2.75) is 6.54 Å². The summed E-state index contributed by atoms with van der Waals surface area (Å²) in [5.74, 6) is 0.333. The van der Waals surface area contributed by atoms with Gasteiger partial charge in [-0.1, -0.05) is 22.9 Å². The first-order valence-electron chi connectivity index (χ1n) is 6.66. The molecule has 4 rings (SSSR count). The number of aromatic nitrogens is 3. The van der Waals surface area contributed by atoms with Crippen LogP contribution in [-0.4, -0.2) is 27.9 Å². The number of benzene rings is 1. The fourth-order valence-corrected chi connectivity index (χ4v) is 3.73. The van der Waals surface area contributed by atoms with Crippen LogP contribution in [0.4, 0.5) is 9.52 Å². The summed E-state index contributed by atoms with van der Waals surface area (Å²) in [5.41, 5.74) is 0.860. The Balaban J connectivity index is 1.44. The minimum atomic E-state index is -0.213. The third kappa shape index (κ3) is 2.49. The fraction of sp³-hybridized carbons (Fsp3) is 0.286. The number of thiazole rings is 1. The van der Waals surface area contributed by atoms with Gasteiger partial charge >= 0.3 is 0 Å². The van der Waals surface area contributed by atoms with Gasteiger partial charge in [0.2, 0.25) is 0 Å². The van der Waals surface area contributed by atoms with E-state index in [2.05, 4.69) is 15.0 Å². The standard InChI is InChI=1S/C14H12ClFN4S/c15-10-4-17-20(8-10)7-9-5-19(6-9)14-18-12-2-1-11(16)3-13(12)21-14/h1-4,8-9H,5-7H2. The molecule has 108 valence electrons. The van der Waals surface area contributed by atoms with Gasteiger partial charge < -0.3 is 4.90 Å². The summed E-state index contributed by atoms with van der Waals surface area (Å²) < 4.78 is 16.0. The Kier molecular flexibility index (Phi) is 3.08. The summed E-state index contributed by atoms with van der Waals surface area (Å²) in [6.07, 6.45) is 3.49. The van der Waals surface area contributed by atoms with E-state index in [-0.39, 0.29) is 5.82 Å². The van der Waals surface area contributed by atoms with E-state index in [0.717, 1.165) is 35.0 Å². The second-order valence-electron chi connectivity index (χ2n) is 5.26. The smallest absolute Gasteiger partial charge is 0.186 e.